The van der Waals surface area contributed by atoms with Crippen LogP contribution < -0.4 is 5.56 Å². The molecule has 1 N–H and O–H groups in total. The van der Waals surface area contributed by atoms with Crippen LogP contribution in [0.3, 0.4) is 0 Å². The highest BCUT2D eigenvalue weighted by Crippen LogP contribution is 2.34. The average Bonchev–Trinajstić information content (AvgIpc) is 2.83. The van der Waals surface area contributed by atoms with Gasteiger partial charge in [0, 0.05) is 10.6 Å². The summed E-state index contributed by atoms with van der Waals surface area (Å²) in [5.41, 5.74) is 1.19. The topological polar surface area (TPSA) is 69.5 Å². The molecule has 0 bridgehead atoms. The molecule has 2 aromatic rings. The minimum Gasteiger partial charge on any atom is -0.301 e. The minimum absolute atomic E-state index is 0.0264. The number of aryl methyl sites for hydroxylation is 2. The molecule has 0 radical (unpaired) electrons. The Morgan fingerprint density at radius 1 is 1.50 bits per heavy atom. The Balaban J connectivity index is 1.98. The van der Waals surface area contributed by atoms with Crippen molar-refractivity contribution in [3.63, 3.8) is 0 Å². The number of nitrogens with zero attached hydrogens (tertiary/aromatic N) is 2. The van der Waals surface area contributed by atoms with Crippen LogP contribution >= 0.6 is 23.1 Å². The van der Waals surface area contributed by atoms with E-state index in [1.54, 1.807) is 11.3 Å². The Hall–Kier alpha value is -1.32. The summed E-state index contributed by atoms with van der Waals surface area (Å²) in [5.74, 6) is 0.605. The van der Waals surface area contributed by atoms with Crippen LogP contribution in [-0.4, -0.2) is 15.7 Å². The molecule has 0 unspecified atom stereocenters. The molecular formula is C14H15N3OS2. The lowest BCUT2D eigenvalue weighted by Crippen LogP contribution is -2.11. The fourth-order valence-corrected chi connectivity index (χ4v) is 4.58. The Morgan fingerprint density at radius 2 is 2.30 bits per heavy atom. The molecular weight excluding hydrogens is 290 g/mol. The van der Waals surface area contributed by atoms with Gasteiger partial charge in [-0.2, -0.15) is 5.26 Å². The molecule has 0 aromatic carbocycles. The summed E-state index contributed by atoms with van der Waals surface area (Å²) in [5, 5.41) is 10.2. The molecule has 0 fully saturated rings. The van der Waals surface area contributed by atoms with E-state index in [0.29, 0.717) is 10.9 Å². The molecule has 2 heterocycles. The van der Waals surface area contributed by atoms with Crippen molar-refractivity contribution in [1.82, 2.24) is 9.97 Å². The van der Waals surface area contributed by atoms with Crippen molar-refractivity contribution < 1.29 is 0 Å². The highest BCUT2D eigenvalue weighted by Gasteiger charge is 2.19. The zero-order valence-electron chi connectivity index (χ0n) is 11.2. The van der Waals surface area contributed by atoms with Gasteiger partial charge in [0.25, 0.3) is 5.56 Å². The summed E-state index contributed by atoms with van der Waals surface area (Å²) in [7, 11) is 0. The zero-order valence-corrected chi connectivity index (χ0v) is 12.9. The third kappa shape index (κ3) is 2.48. The molecule has 3 rings (SSSR count). The first-order chi connectivity index (χ1) is 9.69. The second kappa shape index (κ2) is 5.58. The van der Waals surface area contributed by atoms with E-state index in [4.69, 9.17) is 5.26 Å². The number of fused-ring (bicyclic) bond motifs is 3. The quantitative estimate of drug-likeness (QED) is 0.698. The van der Waals surface area contributed by atoms with Gasteiger partial charge in [0.05, 0.1) is 17.4 Å². The first kappa shape index (κ1) is 13.7. The van der Waals surface area contributed by atoms with E-state index in [2.05, 4.69) is 16.0 Å². The van der Waals surface area contributed by atoms with Crippen molar-refractivity contribution in [2.75, 3.05) is 5.75 Å². The molecule has 0 amide bonds. The van der Waals surface area contributed by atoms with Crippen LogP contribution in [-0.2, 0) is 12.8 Å². The lowest BCUT2D eigenvalue weighted by atomic mass is 9.97. The van der Waals surface area contributed by atoms with Crippen LogP contribution in [0.15, 0.2) is 9.95 Å². The maximum absolute atomic E-state index is 12.3. The molecule has 0 spiro atoms. The minimum atomic E-state index is -0.0439. The largest absolute Gasteiger partial charge is 0.301 e. The van der Waals surface area contributed by atoms with E-state index in [1.165, 1.54) is 28.6 Å². The first-order valence-corrected chi connectivity index (χ1v) is 8.56. The zero-order chi connectivity index (χ0) is 14.1. The number of hydrogen-bond acceptors (Lipinski definition) is 5. The third-order valence-electron chi connectivity index (χ3n) is 3.49. The highest BCUT2D eigenvalue weighted by atomic mass is 32.2. The van der Waals surface area contributed by atoms with Crippen LogP contribution in [0, 0.1) is 17.2 Å². The van der Waals surface area contributed by atoms with E-state index in [1.807, 2.05) is 6.92 Å². The number of thiophene rings is 1. The fraction of sp³-hybridized carbons (Fsp3) is 0.500. The average molecular weight is 305 g/mol. The van der Waals surface area contributed by atoms with Gasteiger partial charge in [-0.1, -0.05) is 11.8 Å². The third-order valence-corrected chi connectivity index (χ3v) is 5.81. The van der Waals surface area contributed by atoms with Crippen molar-refractivity contribution in [3.8, 4) is 6.07 Å². The summed E-state index contributed by atoms with van der Waals surface area (Å²) in [6.45, 7) is 1.87. The predicted molar refractivity (Wildman–Crippen MR) is 82.4 cm³/mol. The number of aromatic nitrogens is 2. The van der Waals surface area contributed by atoms with E-state index in [0.717, 1.165) is 29.5 Å². The molecule has 0 aliphatic heterocycles. The van der Waals surface area contributed by atoms with Gasteiger partial charge < -0.3 is 4.98 Å². The summed E-state index contributed by atoms with van der Waals surface area (Å²) in [4.78, 5) is 21.9. The number of rotatable bonds is 3. The Morgan fingerprint density at radius 3 is 3.10 bits per heavy atom. The van der Waals surface area contributed by atoms with E-state index < -0.39 is 0 Å². The number of nitrogens with one attached hydrogen (secondary N) is 1. The second-order valence-electron chi connectivity index (χ2n) is 5.10. The molecule has 104 valence electrons. The molecule has 4 nitrogen and oxygen atoms in total. The fourth-order valence-electron chi connectivity index (χ4n) is 2.45. The molecule has 0 saturated carbocycles. The van der Waals surface area contributed by atoms with Crippen molar-refractivity contribution in [1.29, 1.82) is 5.26 Å². The smallest absolute Gasteiger partial charge is 0.260 e. The summed E-state index contributed by atoms with van der Waals surface area (Å²) >= 11 is 3.10. The number of hydrogen-bond donors (Lipinski definition) is 1. The molecule has 1 atom stereocenters. The number of thioether (sulfide) groups is 1. The summed E-state index contributed by atoms with van der Waals surface area (Å²) in [6, 6.07) is 2.19. The predicted octanol–water partition coefficient (Wildman–Crippen LogP) is 3.12. The lowest BCUT2D eigenvalue weighted by Gasteiger charge is -2.09. The molecule has 0 saturated heterocycles. The van der Waals surface area contributed by atoms with Gasteiger partial charge in [-0.3, -0.25) is 4.79 Å². The monoisotopic (exact) mass is 305 g/mol. The van der Waals surface area contributed by atoms with E-state index >= 15 is 0 Å². The van der Waals surface area contributed by atoms with Crippen LogP contribution in [0.2, 0.25) is 0 Å². The van der Waals surface area contributed by atoms with Gasteiger partial charge in [0.2, 0.25) is 0 Å². The number of aromatic amines is 1. The van der Waals surface area contributed by atoms with Crippen LogP contribution in [0.5, 0.6) is 0 Å². The molecule has 1 aliphatic carbocycles. The van der Waals surface area contributed by atoms with Gasteiger partial charge in [-0.25, -0.2) is 4.98 Å². The number of nitriles is 1. The Kier molecular flexibility index (Phi) is 3.81. The first-order valence-electron chi connectivity index (χ1n) is 6.76. The summed E-state index contributed by atoms with van der Waals surface area (Å²) in [6.07, 6.45) is 4.44. The van der Waals surface area contributed by atoms with E-state index in [-0.39, 0.29) is 11.5 Å². The van der Waals surface area contributed by atoms with Crippen LogP contribution in [0.4, 0.5) is 0 Å². The molecule has 20 heavy (non-hydrogen) atoms. The summed E-state index contributed by atoms with van der Waals surface area (Å²) < 4.78 is 0. The lowest BCUT2D eigenvalue weighted by molar-refractivity contribution is 0.700. The van der Waals surface area contributed by atoms with Gasteiger partial charge in [-0.05, 0) is 38.2 Å². The van der Waals surface area contributed by atoms with Gasteiger partial charge in [-0.15, -0.1) is 11.3 Å². The number of H-pyrrole nitrogens is 1. The van der Waals surface area contributed by atoms with Gasteiger partial charge in [0.1, 0.15) is 4.83 Å². The Labute approximate surface area is 125 Å². The SMILES string of the molecule is C[C@@H](C#N)CSc1nc2sc3c(c2c(=O)[nH]1)CCCC3. The molecule has 6 heteroatoms. The second-order valence-corrected chi connectivity index (χ2v) is 7.20. The van der Waals surface area contributed by atoms with Gasteiger partial charge in [0.15, 0.2) is 5.16 Å². The van der Waals surface area contributed by atoms with Crippen LogP contribution in [0.25, 0.3) is 10.2 Å². The van der Waals surface area contributed by atoms with Crippen molar-refractivity contribution in [3.05, 3.63) is 20.8 Å². The maximum atomic E-state index is 12.3. The molecule has 2 aromatic heterocycles. The van der Waals surface area contributed by atoms with Crippen molar-refractivity contribution in [2.24, 2.45) is 5.92 Å². The Bertz CT molecular complexity index is 741. The highest BCUT2D eigenvalue weighted by molar-refractivity contribution is 7.99. The molecule has 1 aliphatic rings. The van der Waals surface area contributed by atoms with Crippen LogP contribution in [0.1, 0.15) is 30.2 Å². The van der Waals surface area contributed by atoms with Crippen molar-refractivity contribution in [2.45, 2.75) is 37.8 Å². The normalized spacial score (nSPS) is 15.8. The van der Waals surface area contributed by atoms with Gasteiger partial charge >= 0.3 is 0 Å². The van der Waals surface area contributed by atoms with Crippen molar-refractivity contribution >= 4 is 33.3 Å². The van der Waals surface area contributed by atoms with E-state index in [9.17, 15) is 4.79 Å². The maximum Gasteiger partial charge on any atom is 0.260 e. The standard InChI is InChI=1S/C14H15N3OS2/c1-8(6-15)7-19-14-16-12(18)11-9-4-2-3-5-10(9)20-13(11)17-14/h8H,2-5,7H2,1H3,(H,16,17,18)/t8-/m0/s1.